The van der Waals surface area contributed by atoms with Crippen LogP contribution in [-0.4, -0.2) is 0 Å². The first-order valence-electron chi connectivity index (χ1n) is 16.2. The molecule has 47 heavy (non-hydrogen) atoms. The van der Waals surface area contributed by atoms with Crippen molar-refractivity contribution >= 4 is 65.0 Å². The molecule has 0 aliphatic carbocycles. The van der Waals surface area contributed by atoms with Gasteiger partial charge in [0.1, 0.15) is 11.2 Å². The lowest BCUT2D eigenvalue weighted by Crippen LogP contribution is -1.92. The van der Waals surface area contributed by atoms with E-state index in [9.17, 15) is 0 Å². The van der Waals surface area contributed by atoms with E-state index in [1.54, 1.807) is 0 Å². The van der Waals surface area contributed by atoms with Crippen molar-refractivity contribution < 1.29 is 4.42 Å². The fraction of sp³-hybridized carbons (Fsp3) is 0. The van der Waals surface area contributed by atoms with Crippen molar-refractivity contribution in [2.45, 2.75) is 0 Å². The van der Waals surface area contributed by atoms with E-state index in [0.29, 0.717) is 0 Å². The number of hydrogen-bond acceptors (Lipinski definition) is 1. The molecule has 1 nitrogen and oxygen atoms in total. The fourth-order valence-electron chi connectivity index (χ4n) is 7.76. The Morgan fingerprint density at radius 3 is 1.64 bits per heavy atom. The molecule has 0 unspecified atom stereocenters. The van der Waals surface area contributed by atoms with Crippen molar-refractivity contribution in [1.82, 2.24) is 0 Å². The second-order valence-electron chi connectivity index (χ2n) is 12.4. The maximum Gasteiger partial charge on any atom is 0.136 e. The Morgan fingerprint density at radius 1 is 0.298 bits per heavy atom. The smallest absolute Gasteiger partial charge is 0.136 e. The van der Waals surface area contributed by atoms with Crippen LogP contribution in [0.1, 0.15) is 0 Å². The van der Waals surface area contributed by atoms with Gasteiger partial charge in [-0.3, -0.25) is 0 Å². The highest BCUT2D eigenvalue weighted by molar-refractivity contribution is 6.24. The van der Waals surface area contributed by atoms with Crippen LogP contribution in [0.2, 0.25) is 0 Å². The van der Waals surface area contributed by atoms with Crippen LogP contribution in [0.4, 0.5) is 0 Å². The maximum absolute atomic E-state index is 6.22. The van der Waals surface area contributed by atoms with Crippen LogP contribution in [0.25, 0.3) is 98.4 Å². The minimum atomic E-state index is 0.919. The predicted octanol–water partition coefficient (Wildman–Crippen LogP) is 13.2. The molecule has 0 atom stereocenters. The topological polar surface area (TPSA) is 13.1 Å². The van der Waals surface area contributed by atoms with Crippen LogP contribution in [0, 0.1) is 0 Å². The summed E-state index contributed by atoms with van der Waals surface area (Å²) >= 11 is 0. The highest BCUT2D eigenvalue weighted by Gasteiger charge is 2.19. The lowest BCUT2D eigenvalue weighted by atomic mass is 9.84. The molecular formula is C46H28O. The van der Waals surface area contributed by atoms with Gasteiger partial charge in [0, 0.05) is 10.8 Å². The van der Waals surface area contributed by atoms with E-state index in [0.717, 1.165) is 16.6 Å². The third kappa shape index (κ3) is 3.97. The Labute approximate surface area is 271 Å². The number of benzene rings is 9. The molecule has 0 N–H and O–H groups in total. The zero-order chi connectivity index (χ0) is 30.9. The lowest BCUT2D eigenvalue weighted by molar-refractivity contribution is 0.669. The molecule has 0 fully saturated rings. The van der Waals surface area contributed by atoms with E-state index in [-0.39, 0.29) is 0 Å². The van der Waals surface area contributed by atoms with Gasteiger partial charge in [-0.1, -0.05) is 146 Å². The number of para-hydroxylation sites is 1. The minimum absolute atomic E-state index is 0.919. The van der Waals surface area contributed by atoms with Gasteiger partial charge in [0.2, 0.25) is 0 Å². The van der Waals surface area contributed by atoms with Crippen molar-refractivity contribution in [3.05, 3.63) is 170 Å². The predicted molar refractivity (Wildman–Crippen MR) is 200 cm³/mol. The van der Waals surface area contributed by atoms with Crippen LogP contribution in [0.15, 0.2) is 174 Å². The van der Waals surface area contributed by atoms with E-state index in [2.05, 4.69) is 158 Å². The van der Waals surface area contributed by atoms with Crippen LogP contribution in [0.5, 0.6) is 0 Å². The molecule has 1 aromatic heterocycles. The zero-order valence-electron chi connectivity index (χ0n) is 25.6. The average Bonchev–Trinajstić information content (AvgIpc) is 3.52. The molecule has 1 heterocycles. The Kier molecular flexibility index (Phi) is 5.64. The zero-order valence-corrected chi connectivity index (χ0v) is 25.6. The van der Waals surface area contributed by atoms with E-state index < -0.39 is 0 Å². The number of rotatable bonds is 3. The molecular weight excluding hydrogens is 569 g/mol. The first kappa shape index (κ1) is 26.1. The van der Waals surface area contributed by atoms with Gasteiger partial charge in [0.05, 0.1) is 0 Å². The lowest BCUT2D eigenvalue weighted by Gasteiger charge is -2.19. The third-order valence-corrected chi connectivity index (χ3v) is 9.83. The average molecular weight is 597 g/mol. The second kappa shape index (κ2) is 10.2. The molecule has 0 aliphatic heterocycles. The first-order chi connectivity index (χ1) is 23.3. The molecule has 10 aromatic rings. The highest BCUT2D eigenvalue weighted by atomic mass is 16.3. The fourth-order valence-corrected chi connectivity index (χ4v) is 7.76. The largest absolute Gasteiger partial charge is 0.456 e. The van der Waals surface area contributed by atoms with E-state index in [1.165, 1.54) is 81.9 Å². The van der Waals surface area contributed by atoms with Crippen LogP contribution < -0.4 is 0 Å². The Balaban J connectivity index is 1.22. The summed E-state index contributed by atoms with van der Waals surface area (Å²) in [5.41, 5.74) is 9.27. The first-order valence-corrected chi connectivity index (χ1v) is 16.2. The van der Waals surface area contributed by atoms with E-state index >= 15 is 0 Å². The van der Waals surface area contributed by atoms with Crippen molar-refractivity contribution in [3.63, 3.8) is 0 Å². The molecule has 1 heteroatoms. The Hall–Kier alpha value is -6.18. The molecule has 0 spiro atoms. The Morgan fingerprint density at radius 2 is 0.851 bits per heavy atom. The molecule has 0 aliphatic rings. The molecule has 0 saturated carbocycles. The van der Waals surface area contributed by atoms with Gasteiger partial charge in [-0.15, -0.1) is 0 Å². The molecule has 0 bridgehead atoms. The van der Waals surface area contributed by atoms with Crippen LogP contribution in [0.3, 0.4) is 0 Å². The summed E-state index contributed by atoms with van der Waals surface area (Å²) in [7, 11) is 0. The summed E-state index contributed by atoms with van der Waals surface area (Å²) in [5.74, 6) is 0. The van der Waals surface area contributed by atoms with Gasteiger partial charge in [0.25, 0.3) is 0 Å². The molecule has 0 amide bonds. The number of furan rings is 1. The van der Waals surface area contributed by atoms with E-state index in [1.807, 2.05) is 12.1 Å². The second-order valence-corrected chi connectivity index (χ2v) is 12.4. The van der Waals surface area contributed by atoms with E-state index in [4.69, 9.17) is 4.42 Å². The summed E-state index contributed by atoms with van der Waals surface area (Å²) < 4.78 is 6.22. The van der Waals surface area contributed by atoms with Crippen molar-refractivity contribution in [2.75, 3.05) is 0 Å². The van der Waals surface area contributed by atoms with Gasteiger partial charge in [0.15, 0.2) is 0 Å². The van der Waals surface area contributed by atoms with Gasteiger partial charge in [-0.25, -0.2) is 0 Å². The number of fused-ring (bicyclic) bond motifs is 7. The molecule has 218 valence electrons. The quantitative estimate of drug-likeness (QED) is 0.185. The van der Waals surface area contributed by atoms with Crippen molar-refractivity contribution in [2.24, 2.45) is 0 Å². The van der Waals surface area contributed by atoms with Gasteiger partial charge in [-0.2, -0.15) is 0 Å². The molecule has 10 rings (SSSR count). The Bertz CT molecular complexity index is 2800. The van der Waals surface area contributed by atoms with Crippen molar-refractivity contribution in [1.29, 1.82) is 0 Å². The summed E-state index contributed by atoms with van der Waals surface area (Å²) in [4.78, 5) is 0. The highest BCUT2D eigenvalue weighted by Crippen LogP contribution is 2.46. The summed E-state index contributed by atoms with van der Waals surface area (Å²) in [6.07, 6.45) is 0. The molecule has 0 saturated heterocycles. The molecule has 0 radical (unpaired) electrons. The maximum atomic E-state index is 6.22. The summed E-state index contributed by atoms with van der Waals surface area (Å²) in [6.45, 7) is 0. The van der Waals surface area contributed by atoms with Gasteiger partial charge < -0.3 is 4.42 Å². The van der Waals surface area contributed by atoms with Crippen LogP contribution in [-0.2, 0) is 0 Å². The van der Waals surface area contributed by atoms with Gasteiger partial charge in [-0.05, 0) is 101 Å². The standard InChI is InChI=1S/C46H28O/c1-2-12-30-27-33(24-23-29(30)11-1)44-37-14-3-5-16-39(37)45(40-17-6-4-15-38(40)44)36-20-9-13-31-28-32(25-26-34(31)36)35-19-10-22-43-46(35)41-18-7-8-21-42(41)47-43/h1-28H. The van der Waals surface area contributed by atoms with Crippen molar-refractivity contribution in [3.8, 4) is 33.4 Å². The number of hydrogen-bond donors (Lipinski definition) is 0. The van der Waals surface area contributed by atoms with Gasteiger partial charge >= 0.3 is 0 Å². The monoisotopic (exact) mass is 596 g/mol. The summed E-state index contributed by atoms with van der Waals surface area (Å²) in [6, 6.07) is 61.6. The normalized spacial score (nSPS) is 11.8. The summed E-state index contributed by atoms with van der Waals surface area (Å²) in [5, 5.41) is 12.4. The minimum Gasteiger partial charge on any atom is -0.456 e. The third-order valence-electron chi connectivity index (χ3n) is 9.83. The molecule has 9 aromatic carbocycles. The SMILES string of the molecule is c1ccc2cc(-c3c4ccccc4c(-c4cccc5cc(-c6cccc7oc8ccccc8c67)ccc45)c4ccccc34)ccc2c1. The van der Waals surface area contributed by atoms with Crippen LogP contribution >= 0.6 is 0 Å².